The Labute approximate surface area is 166 Å². The molecule has 3 heterocycles. The van der Waals surface area contributed by atoms with Gasteiger partial charge in [0.1, 0.15) is 0 Å². The van der Waals surface area contributed by atoms with E-state index >= 15 is 0 Å². The maximum Gasteiger partial charge on any atom is 0.274 e. The van der Waals surface area contributed by atoms with Crippen LogP contribution in [0.4, 0.5) is 0 Å². The Hall–Kier alpha value is -1.96. The van der Waals surface area contributed by atoms with Gasteiger partial charge in [-0.2, -0.15) is 0 Å². The van der Waals surface area contributed by atoms with Gasteiger partial charge in [0.05, 0.1) is 17.2 Å². The summed E-state index contributed by atoms with van der Waals surface area (Å²) in [6, 6.07) is -0.0315. The maximum atomic E-state index is 13.2. The summed E-state index contributed by atoms with van der Waals surface area (Å²) in [6.45, 7) is 6.72. The first-order chi connectivity index (χ1) is 13.6. The van der Waals surface area contributed by atoms with Crippen molar-refractivity contribution in [2.45, 2.75) is 77.5 Å². The number of nitrogens with zero attached hydrogens (tertiary/aromatic N) is 4. The number of amides is 2. The molecule has 2 saturated heterocycles. The summed E-state index contributed by atoms with van der Waals surface area (Å²) >= 11 is 0. The fraction of sp³-hybridized carbons (Fsp3) is 0.800. The Bertz CT molecular complexity index is 736. The highest BCUT2D eigenvalue weighted by Gasteiger charge is 2.58. The lowest BCUT2D eigenvalue weighted by molar-refractivity contribution is -0.144. The SMILES string of the molecule is CCc1c(C(=O)N[C@@H]2CCN(C(=O)C3(C4CCCCO4)CC3)C2)nnn1CC. The molecule has 0 bridgehead atoms. The zero-order valence-corrected chi connectivity index (χ0v) is 16.9. The van der Waals surface area contributed by atoms with E-state index in [4.69, 9.17) is 4.74 Å². The van der Waals surface area contributed by atoms with Gasteiger partial charge in [-0.3, -0.25) is 9.59 Å². The highest BCUT2D eigenvalue weighted by atomic mass is 16.5. The average Bonchev–Trinajstić information content (AvgIpc) is 3.22. The van der Waals surface area contributed by atoms with Gasteiger partial charge in [0.15, 0.2) is 5.69 Å². The van der Waals surface area contributed by atoms with Crippen LogP contribution in [0.3, 0.4) is 0 Å². The minimum Gasteiger partial charge on any atom is -0.377 e. The van der Waals surface area contributed by atoms with E-state index in [0.29, 0.717) is 31.7 Å². The van der Waals surface area contributed by atoms with Crippen LogP contribution < -0.4 is 5.32 Å². The van der Waals surface area contributed by atoms with E-state index in [1.165, 1.54) is 0 Å². The molecule has 154 valence electrons. The quantitative estimate of drug-likeness (QED) is 0.797. The molecule has 1 aliphatic carbocycles. The van der Waals surface area contributed by atoms with Crippen LogP contribution in [0.15, 0.2) is 0 Å². The van der Waals surface area contributed by atoms with Crippen LogP contribution in [0.2, 0.25) is 0 Å². The summed E-state index contributed by atoms with van der Waals surface area (Å²) < 4.78 is 7.70. The number of hydrogen-bond acceptors (Lipinski definition) is 5. The smallest absolute Gasteiger partial charge is 0.274 e. The molecule has 4 rings (SSSR count). The summed E-state index contributed by atoms with van der Waals surface area (Å²) in [5.74, 6) is 0.0370. The molecule has 0 spiro atoms. The molecule has 0 aromatic carbocycles. The number of carbonyl (C=O) groups is 2. The van der Waals surface area contributed by atoms with Crippen LogP contribution in [-0.4, -0.2) is 63.6 Å². The van der Waals surface area contributed by atoms with Gasteiger partial charge in [0.25, 0.3) is 5.91 Å². The maximum absolute atomic E-state index is 13.2. The molecule has 8 nitrogen and oxygen atoms in total. The first kappa shape index (κ1) is 19.4. The third-order valence-electron chi connectivity index (χ3n) is 6.51. The van der Waals surface area contributed by atoms with Gasteiger partial charge in [0.2, 0.25) is 5.91 Å². The highest BCUT2D eigenvalue weighted by molar-refractivity contribution is 5.93. The van der Waals surface area contributed by atoms with Crippen LogP contribution in [0.25, 0.3) is 0 Å². The van der Waals surface area contributed by atoms with Crippen molar-refractivity contribution in [1.29, 1.82) is 0 Å². The van der Waals surface area contributed by atoms with Crippen molar-refractivity contribution in [3.63, 3.8) is 0 Å². The summed E-state index contributed by atoms with van der Waals surface area (Å²) in [7, 11) is 0. The molecule has 1 unspecified atom stereocenters. The van der Waals surface area contributed by atoms with E-state index in [9.17, 15) is 9.59 Å². The van der Waals surface area contributed by atoms with E-state index in [0.717, 1.165) is 50.8 Å². The predicted octanol–water partition coefficient (Wildman–Crippen LogP) is 1.54. The summed E-state index contributed by atoms with van der Waals surface area (Å²) in [5, 5.41) is 11.2. The molecule has 3 aliphatic rings. The Kier molecular flexibility index (Phi) is 5.40. The topological polar surface area (TPSA) is 89.3 Å². The fourth-order valence-corrected chi connectivity index (χ4v) is 4.73. The standard InChI is InChI=1S/C20H31N5O3/c1-3-15-17(22-23-25(15)4-2)18(26)21-14-8-11-24(13-14)19(27)20(9-10-20)16-7-5-6-12-28-16/h14,16H,3-13H2,1-2H3,(H,21,26)/t14-,16?/m1/s1. The van der Waals surface area contributed by atoms with E-state index in [-0.39, 0.29) is 29.4 Å². The van der Waals surface area contributed by atoms with Crippen LogP contribution in [0.1, 0.15) is 68.6 Å². The number of nitrogens with one attached hydrogen (secondary N) is 1. The number of ether oxygens (including phenoxy) is 1. The zero-order chi connectivity index (χ0) is 19.7. The van der Waals surface area contributed by atoms with Crippen molar-refractivity contribution in [3.8, 4) is 0 Å². The van der Waals surface area contributed by atoms with Crippen molar-refractivity contribution in [1.82, 2.24) is 25.2 Å². The molecular weight excluding hydrogens is 358 g/mol. The van der Waals surface area contributed by atoms with Gasteiger partial charge in [-0.15, -0.1) is 5.10 Å². The summed E-state index contributed by atoms with van der Waals surface area (Å²) in [6.07, 6.45) is 6.68. The third-order valence-corrected chi connectivity index (χ3v) is 6.51. The molecule has 1 aromatic rings. The lowest BCUT2D eigenvalue weighted by Gasteiger charge is -2.32. The number of carbonyl (C=O) groups excluding carboxylic acids is 2. The second-order valence-corrected chi connectivity index (χ2v) is 8.28. The molecule has 2 amide bonds. The Morgan fingerprint density at radius 1 is 1.25 bits per heavy atom. The van der Waals surface area contributed by atoms with Crippen LogP contribution >= 0.6 is 0 Å². The van der Waals surface area contributed by atoms with Crippen molar-refractivity contribution in [3.05, 3.63) is 11.4 Å². The summed E-state index contributed by atoms with van der Waals surface area (Å²) in [5.41, 5.74) is 0.971. The van der Waals surface area contributed by atoms with Gasteiger partial charge >= 0.3 is 0 Å². The van der Waals surface area contributed by atoms with Gasteiger partial charge in [0, 0.05) is 32.3 Å². The van der Waals surface area contributed by atoms with Crippen molar-refractivity contribution >= 4 is 11.8 Å². The molecule has 3 fully saturated rings. The largest absolute Gasteiger partial charge is 0.377 e. The van der Waals surface area contributed by atoms with Crippen molar-refractivity contribution < 1.29 is 14.3 Å². The minimum absolute atomic E-state index is 0.0315. The van der Waals surface area contributed by atoms with Gasteiger partial charge in [-0.1, -0.05) is 12.1 Å². The molecule has 1 saturated carbocycles. The normalized spacial score (nSPS) is 26.3. The Morgan fingerprint density at radius 3 is 2.71 bits per heavy atom. The van der Waals surface area contributed by atoms with Gasteiger partial charge in [-0.25, -0.2) is 4.68 Å². The number of aromatic nitrogens is 3. The number of likely N-dealkylation sites (tertiary alicyclic amines) is 1. The minimum atomic E-state index is -0.293. The molecule has 2 atom stereocenters. The first-order valence-corrected chi connectivity index (χ1v) is 10.7. The van der Waals surface area contributed by atoms with Crippen molar-refractivity contribution in [2.24, 2.45) is 5.41 Å². The van der Waals surface area contributed by atoms with Crippen molar-refractivity contribution in [2.75, 3.05) is 19.7 Å². The van der Waals surface area contributed by atoms with Crippen LogP contribution in [0, 0.1) is 5.41 Å². The molecule has 1 aromatic heterocycles. The first-order valence-electron chi connectivity index (χ1n) is 10.7. The second kappa shape index (κ2) is 7.81. The lowest BCUT2D eigenvalue weighted by Crippen LogP contribution is -2.45. The Balaban J connectivity index is 1.36. The predicted molar refractivity (Wildman–Crippen MR) is 103 cm³/mol. The third kappa shape index (κ3) is 3.43. The van der Waals surface area contributed by atoms with E-state index in [1.807, 2.05) is 18.7 Å². The lowest BCUT2D eigenvalue weighted by atomic mass is 9.91. The molecule has 2 aliphatic heterocycles. The second-order valence-electron chi connectivity index (χ2n) is 8.28. The molecule has 0 radical (unpaired) electrons. The van der Waals surface area contributed by atoms with E-state index in [2.05, 4.69) is 15.6 Å². The van der Waals surface area contributed by atoms with E-state index < -0.39 is 0 Å². The van der Waals surface area contributed by atoms with E-state index in [1.54, 1.807) is 4.68 Å². The molecule has 1 N–H and O–H groups in total. The number of rotatable bonds is 6. The van der Waals surface area contributed by atoms with Crippen LogP contribution in [0.5, 0.6) is 0 Å². The fourth-order valence-electron chi connectivity index (χ4n) is 4.73. The molecular formula is C20H31N5O3. The van der Waals surface area contributed by atoms with Crippen LogP contribution in [-0.2, 0) is 22.5 Å². The highest BCUT2D eigenvalue weighted by Crippen LogP contribution is 2.53. The zero-order valence-electron chi connectivity index (χ0n) is 16.9. The summed E-state index contributed by atoms with van der Waals surface area (Å²) in [4.78, 5) is 27.8. The monoisotopic (exact) mass is 389 g/mol. The average molecular weight is 390 g/mol. The number of aryl methyl sites for hydroxylation is 1. The number of hydrogen-bond donors (Lipinski definition) is 1. The van der Waals surface area contributed by atoms with Gasteiger partial charge in [-0.05, 0) is 51.9 Å². The molecule has 28 heavy (non-hydrogen) atoms. The Morgan fingerprint density at radius 2 is 2.07 bits per heavy atom. The van der Waals surface area contributed by atoms with Gasteiger partial charge < -0.3 is 15.0 Å². The molecule has 8 heteroatoms.